The summed E-state index contributed by atoms with van der Waals surface area (Å²) in [7, 11) is -1.18. The predicted octanol–water partition coefficient (Wildman–Crippen LogP) is 8.19. The Labute approximate surface area is 176 Å². The molecule has 0 spiro atoms. The molecule has 27 heavy (non-hydrogen) atoms. The van der Waals surface area contributed by atoms with Gasteiger partial charge in [-0.25, -0.2) is 0 Å². The molecule has 0 aromatic carbocycles. The summed E-state index contributed by atoms with van der Waals surface area (Å²) in [6, 6.07) is 0. The average molecular weight is 501 g/mol. The van der Waals surface area contributed by atoms with Crippen molar-refractivity contribution in [2.75, 3.05) is 6.61 Å². The number of rotatable bonds is 14. The first-order valence-electron chi connectivity index (χ1n) is 12.2. The van der Waals surface area contributed by atoms with Crippen molar-refractivity contribution in [3.05, 3.63) is 11.3 Å². The molecule has 0 saturated heterocycles. The normalized spacial score (nSPS) is 22.7. The third kappa shape index (κ3) is 8.54. The van der Waals surface area contributed by atoms with Gasteiger partial charge in [0.1, 0.15) is 0 Å². The summed E-state index contributed by atoms with van der Waals surface area (Å²) < 4.78 is 5.90. The molecule has 0 radical (unpaired) electrons. The van der Waals surface area contributed by atoms with Crippen LogP contribution in [0.25, 0.3) is 0 Å². The van der Waals surface area contributed by atoms with Crippen molar-refractivity contribution in [1.29, 1.82) is 0 Å². The van der Waals surface area contributed by atoms with Crippen LogP contribution < -0.4 is 0 Å². The summed E-state index contributed by atoms with van der Waals surface area (Å²) in [5, 5.41) is 9.50. The molecule has 160 valence electrons. The van der Waals surface area contributed by atoms with E-state index in [0.29, 0.717) is 6.61 Å². The van der Waals surface area contributed by atoms with Crippen LogP contribution in [0.4, 0.5) is 0 Å². The zero-order valence-corrected chi connectivity index (χ0v) is 23.4. The third-order valence-electron chi connectivity index (χ3n) is 6.77. The Morgan fingerprint density at radius 2 is 1.44 bits per heavy atom. The Kier molecular flexibility index (Phi) is 12.5. The van der Waals surface area contributed by atoms with Gasteiger partial charge in [0.2, 0.25) is 0 Å². The van der Waals surface area contributed by atoms with Crippen LogP contribution >= 0.6 is 0 Å². The molecule has 0 aliphatic heterocycles. The summed E-state index contributed by atoms with van der Waals surface area (Å²) in [5.41, 5.74) is 4.75. The van der Waals surface area contributed by atoms with Gasteiger partial charge < -0.3 is 0 Å². The fraction of sp³-hybridized carbons (Fsp3) is 0.917. The minimum atomic E-state index is -2.27. The summed E-state index contributed by atoms with van der Waals surface area (Å²) in [5.74, 6) is 0.904. The van der Waals surface area contributed by atoms with Crippen LogP contribution in [0.1, 0.15) is 85.0 Å². The fourth-order valence-corrected chi connectivity index (χ4v) is 28.2. The zero-order chi connectivity index (χ0) is 20.3. The van der Waals surface area contributed by atoms with E-state index in [0.717, 1.165) is 16.3 Å². The van der Waals surface area contributed by atoms with Gasteiger partial charge >= 0.3 is 177 Å². The van der Waals surface area contributed by atoms with Gasteiger partial charge in [-0.15, -0.1) is 0 Å². The second-order valence-corrected chi connectivity index (χ2v) is 29.3. The number of aliphatic hydroxyl groups excluding tert-OH is 1. The standard InChI is InChI=1S/C12H23OSi.3C4H9.Sn/c1-14(2,3)10-12-7-6-11(9-12)5-4-8-13;3*1-3-4-2;/h9-11,13H,4-8H2,1-3H3;3*1,3-4H2,2H3;/b12-10+;;;;. The van der Waals surface area contributed by atoms with E-state index in [1.807, 2.05) is 5.57 Å². The third-order valence-corrected chi connectivity index (χ3v) is 25.7. The van der Waals surface area contributed by atoms with Gasteiger partial charge in [0.05, 0.1) is 0 Å². The quantitative estimate of drug-likeness (QED) is 0.238. The Hall–Kier alpha value is 0.716. The van der Waals surface area contributed by atoms with E-state index >= 15 is 0 Å². The summed E-state index contributed by atoms with van der Waals surface area (Å²) in [6.45, 7) is 15.2. The summed E-state index contributed by atoms with van der Waals surface area (Å²) in [6.07, 6.45) is 13.7. The van der Waals surface area contributed by atoms with E-state index in [1.165, 1.54) is 57.8 Å². The fourth-order valence-electron chi connectivity index (χ4n) is 5.68. The van der Waals surface area contributed by atoms with Crippen molar-refractivity contribution in [3.63, 3.8) is 0 Å². The molecule has 0 heterocycles. The molecule has 0 amide bonds. The topological polar surface area (TPSA) is 20.2 Å². The molecule has 1 fully saturated rings. The molecule has 0 bridgehead atoms. The van der Waals surface area contributed by atoms with Crippen LogP contribution in [0.5, 0.6) is 0 Å². The van der Waals surface area contributed by atoms with Gasteiger partial charge in [-0.3, -0.25) is 0 Å². The molecule has 0 aromatic heterocycles. The average Bonchev–Trinajstić information content (AvgIpc) is 3.01. The molecule has 1 rings (SSSR count). The van der Waals surface area contributed by atoms with Gasteiger partial charge in [0, 0.05) is 0 Å². The molecule has 1 aliphatic carbocycles. The van der Waals surface area contributed by atoms with Crippen molar-refractivity contribution in [1.82, 2.24) is 0 Å². The molecule has 1 saturated carbocycles. The van der Waals surface area contributed by atoms with Crippen LogP contribution in [0, 0.1) is 5.92 Å². The number of aliphatic hydroxyl groups is 1. The van der Waals surface area contributed by atoms with E-state index in [-0.39, 0.29) is 0 Å². The van der Waals surface area contributed by atoms with Gasteiger partial charge in [-0.05, 0) is 0 Å². The Morgan fingerprint density at radius 3 is 1.85 bits per heavy atom. The van der Waals surface area contributed by atoms with Crippen molar-refractivity contribution in [2.24, 2.45) is 5.92 Å². The van der Waals surface area contributed by atoms with Crippen LogP contribution in [0.15, 0.2) is 11.3 Å². The molecular formula is C24H50OSiSn. The summed E-state index contributed by atoms with van der Waals surface area (Å²) in [4.78, 5) is 0. The molecular weight excluding hydrogens is 451 g/mol. The van der Waals surface area contributed by atoms with Crippen molar-refractivity contribution in [3.8, 4) is 0 Å². The van der Waals surface area contributed by atoms with Gasteiger partial charge in [0.15, 0.2) is 0 Å². The number of hydrogen-bond acceptors (Lipinski definition) is 1. The zero-order valence-electron chi connectivity index (χ0n) is 19.6. The second kappa shape index (κ2) is 13.1. The van der Waals surface area contributed by atoms with Crippen molar-refractivity contribution >= 4 is 26.5 Å². The van der Waals surface area contributed by atoms with E-state index in [1.54, 1.807) is 13.3 Å². The van der Waals surface area contributed by atoms with Gasteiger partial charge in [-0.1, -0.05) is 0 Å². The first kappa shape index (κ1) is 25.8. The van der Waals surface area contributed by atoms with Crippen LogP contribution in [-0.4, -0.2) is 38.2 Å². The maximum atomic E-state index is 9.50. The number of hydrogen-bond donors (Lipinski definition) is 1. The Bertz CT molecular complexity index is 405. The summed E-state index contributed by atoms with van der Waals surface area (Å²) >= 11 is -2.27. The molecule has 1 aliphatic rings. The predicted molar refractivity (Wildman–Crippen MR) is 129 cm³/mol. The SMILES string of the molecule is CCC[CH2][Sn]([CH2]CCC)([CH2]CCC)[CH]1/C(=C/[Si](C)(C)C)CCC1CCCO. The van der Waals surface area contributed by atoms with Crippen LogP contribution in [-0.2, 0) is 0 Å². The van der Waals surface area contributed by atoms with Crippen LogP contribution in [0.3, 0.4) is 0 Å². The number of unbranched alkanes of at least 4 members (excludes halogenated alkanes) is 3. The maximum absolute atomic E-state index is 9.50. The molecule has 2 atom stereocenters. The number of allylic oxidation sites excluding steroid dienone is 1. The van der Waals surface area contributed by atoms with Crippen LogP contribution in [0.2, 0.25) is 36.9 Å². The van der Waals surface area contributed by atoms with E-state index < -0.39 is 26.5 Å². The van der Waals surface area contributed by atoms with Crippen molar-refractivity contribution in [2.45, 2.75) is 122 Å². The van der Waals surface area contributed by atoms with Crippen molar-refractivity contribution < 1.29 is 5.11 Å². The van der Waals surface area contributed by atoms with E-state index in [9.17, 15) is 5.11 Å². The first-order chi connectivity index (χ1) is 12.8. The van der Waals surface area contributed by atoms with E-state index in [4.69, 9.17) is 0 Å². The molecule has 1 nitrogen and oxygen atoms in total. The molecule has 2 unspecified atom stereocenters. The minimum absolute atomic E-state index is 0.387. The Morgan fingerprint density at radius 1 is 0.926 bits per heavy atom. The monoisotopic (exact) mass is 502 g/mol. The van der Waals surface area contributed by atoms with E-state index in [2.05, 4.69) is 46.1 Å². The first-order valence-corrected chi connectivity index (χ1v) is 23.4. The van der Waals surface area contributed by atoms with Gasteiger partial charge in [0.25, 0.3) is 0 Å². The second-order valence-electron chi connectivity index (χ2n) is 10.4. The van der Waals surface area contributed by atoms with Gasteiger partial charge in [-0.2, -0.15) is 0 Å². The molecule has 3 heteroatoms. The Balaban J connectivity index is 3.32. The molecule has 0 aromatic rings. The molecule has 1 N–H and O–H groups in total.